The van der Waals surface area contributed by atoms with E-state index in [2.05, 4.69) is 12.1 Å². The van der Waals surface area contributed by atoms with Crippen LogP contribution in [0.4, 0.5) is 0 Å². The Morgan fingerprint density at radius 3 is 3.13 bits per heavy atom. The molecule has 1 saturated heterocycles. The first-order chi connectivity index (χ1) is 11.2. The molecule has 122 valence electrons. The maximum absolute atomic E-state index is 12.5. The molecular formula is C18H22N2O3. The van der Waals surface area contributed by atoms with E-state index in [1.54, 1.807) is 18.4 Å². The first-order valence-electron chi connectivity index (χ1n) is 8.52. The van der Waals surface area contributed by atoms with E-state index in [4.69, 9.17) is 8.94 Å². The SMILES string of the molecule is C[C@H]1CCc2noc([C@H]3CCCN(C(=O)c4ccco4)C3)c2C1. The van der Waals surface area contributed by atoms with Crippen LogP contribution in [0.25, 0.3) is 0 Å². The Morgan fingerprint density at radius 1 is 1.39 bits per heavy atom. The maximum atomic E-state index is 12.5. The average Bonchev–Trinajstić information content (AvgIpc) is 3.23. The molecule has 1 aliphatic carbocycles. The van der Waals surface area contributed by atoms with E-state index >= 15 is 0 Å². The molecule has 2 aromatic heterocycles. The van der Waals surface area contributed by atoms with Crippen molar-refractivity contribution in [1.29, 1.82) is 0 Å². The standard InChI is InChI=1S/C18H22N2O3/c1-12-6-7-15-14(10-12)17(23-19-15)13-4-2-8-20(11-13)18(21)16-5-3-9-22-16/h3,5,9,12-13H,2,4,6-8,10-11H2,1H3/t12-,13-/m0/s1. The second kappa shape index (κ2) is 5.87. The fraction of sp³-hybridized carbons (Fsp3) is 0.556. The van der Waals surface area contributed by atoms with Gasteiger partial charge in [-0.05, 0) is 50.2 Å². The third-order valence-electron chi connectivity index (χ3n) is 5.14. The minimum absolute atomic E-state index is 0.0264. The number of hydrogen-bond donors (Lipinski definition) is 0. The fourth-order valence-electron chi connectivity index (χ4n) is 3.86. The van der Waals surface area contributed by atoms with E-state index in [9.17, 15) is 4.79 Å². The van der Waals surface area contributed by atoms with Crippen LogP contribution in [-0.2, 0) is 12.8 Å². The van der Waals surface area contributed by atoms with Gasteiger partial charge >= 0.3 is 0 Å². The quantitative estimate of drug-likeness (QED) is 0.852. The molecule has 0 saturated carbocycles. The van der Waals surface area contributed by atoms with Crippen LogP contribution in [-0.4, -0.2) is 29.1 Å². The van der Waals surface area contributed by atoms with Crippen molar-refractivity contribution in [3.8, 4) is 0 Å². The summed E-state index contributed by atoms with van der Waals surface area (Å²) in [7, 11) is 0. The third-order valence-corrected chi connectivity index (χ3v) is 5.14. The number of fused-ring (bicyclic) bond motifs is 1. The molecule has 0 aromatic carbocycles. The predicted octanol–water partition coefficient (Wildman–Crippen LogP) is 3.41. The number of nitrogens with zero attached hydrogens (tertiary/aromatic N) is 2. The first kappa shape index (κ1) is 14.5. The Balaban J connectivity index is 1.54. The van der Waals surface area contributed by atoms with Crippen LogP contribution < -0.4 is 0 Å². The molecule has 0 unspecified atom stereocenters. The average molecular weight is 314 g/mol. The zero-order valence-electron chi connectivity index (χ0n) is 13.5. The topological polar surface area (TPSA) is 59.5 Å². The zero-order chi connectivity index (χ0) is 15.8. The molecule has 0 N–H and O–H groups in total. The van der Waals surface area contributed by atoms with Gasteiger partial charge in [0.05, 0.1) is 12.0 Å². The van der Waals surface area contributed by atoms with Crippen molar-refractivity contribution in [2.24, 2.45) is 5.92 Å². The number of rotatable bonds is 2. The van der Waals surface area contributed by atoms with Gasteiger partial charge < -0.3 is 13.8 Å². The summed E-state index contributed by atoms with van der Waals surface area (Å²) in [6.45, 7) is 3.76. The number of amides is 1. The summed E-state index contributed by atoms with van der Waals surface area (Å²) in [5, 5.41) is 4.29. The Morgan fingerprint density at radius 2 is 2.30 bits per heavy atom. The van der Waals surface area contributed by atoms with Crippen molar-refractivity contribution < 1.29 is 13.7 Å². The van der Waals surface area contributed by atoms with Crippen molar-refractivity contribution in [2.75, 3.05) is 13.1 Å². The molecule has 1 aliphatic heterocycles. The van der Waals surface area contributed by atoms with Gasteiger partial charge in [0.1, 0.15) is 5.76 Å². The molecule has 2 aromatic rings. The summed E-state index contributed by atoms with van der Waals surface area (Å²) < 4.78 is 11.0. The van der Waals surface area contributed by atoms with Crippen LogP contribution in [0.2, 0.25) is 0 Å². The molecule has 5 heteroatoms. The smallest absolute Gasteiger partial charge is 0.289 e. The lowest BCUT2D eigenvalue weighted by Crippen LogP contribution is -2.39. The van der Waals surface area contributed by atoms with E-state index in [-0.39, 0.29) is 11.8 Å². The molecule has 1 fully saturated rings. The number of furan rings is 1. The molecule has 23 heavy (non-hydrogen) atoms. The Bertz CT molecular complexity index is 689. The van der Waals surface area contributed by atoms with Crippen molar-refractivity contribution in [3.05, 3.63) is 41.2 Å². The molecule has 3 heterocycles. The Labute approximate surface area is 135 Å². The number of piperidine rings is 1. The molecule has 0 radical (unpaired) electrons. The van der Waals surface area contributed by atoms with Gasteiger partial charge in [-0.3, -0.25) is 4.79 Å². The van der Waals surface area contributed by atoms with E-state index < -0.39 is 0 Å². The molecular weight excluding hydrogens is 292 g/mol. The molecule has 0 bridgehead atoms. The third kappa shape index (κ3) is 2.69. The molecule has 2 atom stereocenters. The summed E-state index contributed by atoms with van der Waals surface area (Å²) in [6, 6.07) is 3.48. The number of hydrogen-bond acceptors (Lipinski definition) is 4. The van der Waals surface area contributed by atoms with Crippen LogP contribution in [0, 0.1) is 5.92 Å². The zero-order valence-corrected chi connectivity index (χ0v) is 13.5. The molecule has 2 aliphatic rings. The van der Waals surface area contributed by atoms with Crippen LogP contribution in [0.1, 0.15) is 59.7 Å². The van der Waals surface area contributed by atoms with Crippen molar-refractivity contribution in [3.63, 3.8) is 0 Å². The minimum Gasteiger partial charge on any atom is -0.459 e. The van der Waals surface area contributed by atoms with Crippen LogP contribution in [0.15, 0.2) is 27.3 Å². The second-order valence-electron chi connectivity index (χ2n) is 6.89. The summed E-state index contributed by atoms with van der Waals surface area (Å²) in [5.41, 5.74) is 2.44. The maximum Gasteiger partial charge on any atom is 0.289 e. The Hall–Kier alpha value is -2.04. The number of carbonyl (C=O) groups excluding carboxylic acids is 1. The van der Waals surface area contributed by atoms with Crippen molar-refractivity contribution in [2.45, 2.75) is 44.9 Å². The van der Waals surface area contributed by atoms with Gasteiger partial charge in [0.2, 0.25) is 0 Å². The highest BCUT2D eigenvalue weighted by Crippen LogP contribution is 2.35. The van der Waals surface area contributed by atoms with E-state index in [1.807, 2.05) is 4.90 Å². The van der Waals surface area contributed by atoms with E-state index in [0.717, 1.165) is 43.7 Å². The monoisotopic (exact) mass is 314 g/mol. The van der Waals surface area contributed by atoms with Crippen LogP contribution >= 0.6 is 0 Å². The summed E-state index contributed by atoms with van der Waals surface area (Å²) >= 11 is 0. The van der Waals surface area contributed by atoms with Gasteiger partial charge in [0.15, 0.2) is 5.76 Å². The lowest BCUT2D eigenvalue weighted by Gasteiger charge is -2.31. The molecule has 0 spiro atoms. The van der Waals surface area contributed by atoms with Crippen molar-refractivity contribution >= 4 is 5.91 Å². The van der Waals surface area contributed by atoms with Gasteiger partial charge in [0.25, 0.3) is 5.91 Å². The number of aryl methyl sites for hydroxylation is 1. The lowest BCUT2D eigenvalue weighted by molar-refractivity contribution is 0.0665. The van der Waals surface area contributed by atoms with Gasteiger partial charge in [-0.25, -0.2) is 0 Å². The minimum atomic E-state index is -0.0264. The number of aromatic nitrogens is 1. The van der Waals surface area contributed by atoms with Crippen LogP contribution in [0.3, 0.4) is 0 Å². The molecule has 5 nitrogen and oxygen atoms in total. The number of carbonyl (C=O) groups is 1. The van der Waals surface area contributed by atoms with E-state index in [0.29, 0.717) is 18.2 Å². The van der Waals surface area contributed by atoms with Gasteiger partial charge in [0, 0.05) is 24.6 Å². The van der Waals surface area contributed by atoms with Crippen molar-refractivity contribution in [1.82, 2.24) is 10.1 Å². The van der Waals surface area contributed by atoms with Gasteiger partial charge in [-0.2, -0.15) is 0 Å². The first-order valence-corrected chi connectivity index (χ1v) is 8.52. The highest BCUT2D eigenvalue weighted by atomic mass is 16.5. The largest absolute Gasteiger partial charge is 0.459 e. The summed E-state index contributed by atoms with van der Waals surface area (Å²) in [5.74, 6) is 2.35. The normalized spacial score (nSPS) is 24.5. The second-order valence-corrected chi connectivity index (χ2v) is 6.89. The van der Waals surface area contributed by atoms with E-state index in [1.165, 1.54) is 12.0 Å². The molecule has 1 amide bonds. The fourth-order valence-corrected chi connectivity index (χ4v) is 3.86. The highest BCUT2D eigenvalue weighted by Gasteiger charge is 2.33. The number of likely N-dealkylation sites (tertiary alicyclic amines) is 1. The van der Waals surface area contributed by atoms with Gasteiger partial charge in [-0.15, -0.1) is 0 Å². The lowest BCUT2D eigenvalue weighted by atomic mass is 9.84. The van der Waals surface area contributed by atoms with Crippen LogP contribution in [0.5, 0.6) is 0 Å². The predicted molar refractivity (Wildman–Crippen MR) is 84.3 cm³/mol. The summed E-state index contributed by atoms with van der Waals surface area (Å²) in [6.07, 6.45) is 6.84. The summed E-state index contributed by atoms with van der Waals surface area (Å²) in [4.78, 5) is 14.4. The Kier molecular flexibility index (Phi) is 3.71. The van der Waals surface area contributed by atoms with Gasteiger partial charge in [-0.1, -0.05) is 12.1 Å². The molecule has 4 rings (SSSR count). The highest BCUT2D eigenvalue weighted by molar-refractivity contribution is 5.91.